The summed E-state index contributed by atoms with van der Waals surface area (Å²) in [5, 5.41) is 21.1. The van der Waals surface area contributed by atoms with E-state index < -0.39 is 10.8 Å². The molecule has 166 valence electrons. The Morgan fingerprint density at radius 3 is 2.41 bits per heavy atom. The van der Waals surface area contributed by atoms with Gasteiger partial charge in [-0.3, -0.25) is 9.36 Å². The number of aromatic nitrogens is 3. The van der Waals surface area contributed by atoms with Gasteiger partial charge in [-0.2, -0.15) is 5.26 Å². The van der Waals surface area contributed by atoms with Gasteiger partial charge in [0.05, 0.1) is 17.9 Å². The van der Waals surface area contributed by atoms with Crippen LogP contribution in [0.1, 0.15) is 33.3 Å². The van der Waals surface area contributed by atoms with E-state index in [-0.39, 0.29) is 17.6 Å². The first kappa shape index (κ1) is 23.5. The van der Waals surface area contributed by atoms with E-state index in [9.17, 15) is 14.4 Å². The van der Waals surface area contributed by atoms with Crippen LogP contribution >= 0.6 is 11.8 Å². The molecule has 0 aliphatic heterocycles. The number of carbonyl (C=O) groups is 1. The molecule has 2 aromatic carbocycles. The average Bonchev–Trinajstić information content (AvgIpc) is 3.16. The van der Waals surface area contributed by atoms with Crippen molar-refractivity contribution in [2.24, 2.45) is 5.92 Å². The summed E-state index contributed by atoms with van der Waals surface area (Å²) in [5.74, 6) is -0.0210. The molecule has 3 aromatic rings. The van der Waals surface area contributed by atoms with E-state index >= 15 is 0 Å². The number of hydrogen-bond acceptors (Lipinski definition) is 5. The quantitative estimate of drug-likeness (QED) is 0.503. The molecule has 6 nitrogen and oxygen atoms in total. The van der Waals surface area contributed by atoms with Crippen molar-refractivity contribution in [3.05, 3.63) is 66.0 Å². The molecule has 0 aliphatic carbocycles. The molecule has 0 aliphatic rings. The Morgan fingerprint density at radius 1 is 1.16 bits per heavy atom. The Morgan fingerprint density at radius 2 is 1.81 bits per heavy atom. The number of carbonyl (C=O) groups excluding carboxylic acids is 1. The molecule has 0 saturated carbocycles. The predicted octanol–water partition coefficient (Wildman–Crippen LogP) is 4.67. The van der Waals surface area contributed by atoms with Crippen molar-refractivity contribution in [3.63, 3.8) is 0 Å². The van der Waals surface area contributed by atoms with Crippen molar-refractivity contribution in [2.75, 3.05) is 0 Å². The first-order valence-corrected chi connectivity index (χ1v) is 11.2. The molecule has 0 saturated heterocycles. The Labute approximate surface area is 191 Å². The highest BCUT2D eigenvalue weighted by molar-refractivity contribution is 8.00. The highest BCUT2D eigenvalue weighted by atomic mass is 32.2. The van der Waals surface area contributed by atoms with E-state index in [2.05, 4.69) is 21.6 Å². The molecule has 8 heteroatoms. The maximum absolute atomic E-state index is 13.4. The van der Waals surface area contributed by atoms with E-state index in [0.29, 0.717) is 17.5 Å². The van der Waals surface area contributed by atoms with Crippen LogP contribution in [-0.2, 0) is 11.3 Å². The lowest BCUT2D eigenvalue weighted by Gasteiger charge is -2.28. The number of amides is 1. The van der Waals surface area contributed by atoms with Crippen LogP contribution < -0.4 is 5.32 Å². The lowest BCUT2D eigenvalue weighted by Crippen LogP contribution is -2.51. The van der Waals surface area contributed by atoms with Crippen LogP contribution in [0.3, 0.4) is 0 Å². The molecule has 0 fully saturated rings. The molecule has 1 aromatic heterocycles. The average molecular weight is 452 g/mol. The summed E-state index contributed by atoms with van der Waals surface area (Å²) in [4.78, 5) is 12.8. The lowest BCUT2D eigenvalue weighted by atomic mass is 9.90. The third-order valence-electron chi connectivity index (χ3n) is 5.42. The number of hydrogen-bond donors (Lipinski definition) is 1. The lowest BCUT2D eigenvalue weighted by molar-refractivity contribution is -0.121. The summed E-state index contributed by atoms with van der Waals surface area (Å²) < 4.78 is 15.3. The van der Waals surface area contributed by atoms with E-state index in [0.717, 1.165) is 11.1 Å². The predicted molar refractivity (Wildman–Crippen MR) is 123 cm³/mol. The summed E-state index contributed by atoms with van der Waals surface area (Å²) in [6.07, 6.45) is 0. The number of benzene rings is 2. The number of thioether (sulfide) groups is 1. The summed E-state index contributed by atoms with van der Waals surface area (Å²) >= 11 is 1.27. The van der Waals surface area contributed by atoms with Crippen molar-refractivity contribution in [3.8, 4) is 17.5 Å². The molecule has 32 heavy (non-hydrogen) atoms. The van der Waals surface area contributed by atoms with E-state index in [1.807, 2.05) is 48.7 Å². The second kappa shape index (κ2) is 9.96. The fourth-order valence-corrected chi connectivity index (χ4v) is 3.82. The van der Waals surface area contributed by atoms with Crippen molar-refractivity contribution in [1.82, 2.24) is 20.1 Å². The first-order valence-electron chi connectivity index (χ1n) is 10.4. The van der Waals surface area contributed by atoms with Gasteiger partial charge in [-0.1, -0.05) is 55.9 Å². The van der Waals surface area contributed by atoms with Gasteiger partial charge in [0.15, 0.2) is 11.0 Å². The molecule has 2 unspecified atom stereocenters. The number of nitrogens with one attached hydrogen (secondary N) is 1. The highest BCUT2D eigenvalue weighted by Gasteiger charge is 2.32. The molecule has 1 heterocycles. The monoisotopic (exact) mass is 451 g/mol. The first-order chi connectivity index (χ1) is 15.2. The fourth-order valence-electron chi connectivity index (χ4n) is 2.97. The number of halogens is 1. The topological polar surface area (TPSA) is 83.6 Å². The maximum Gasteiger partial charge on any atom is 0.234 e. The van der Waals surface area contributed by atoms with Gasteiger partial charge in [0.2, 0.25) is 5.91 Å². The van der Waals surface area contributed by atoms with Gasteiger partial charge in [-0.15, -0.1) is 10.2 Å². The van der Waals surface area contributed by atoms with Crippen LogP contribution in [0, 0.1) is 23.1 Å². The van der Waals surface area contributed by atoms with Gasteiger partial charge in [0, 0.05) is 5.56 Å². The normalized spacial score (nSPS) is 13.9. The van der Waals surface area contributed by atoms with Gasteiger partial charge in [-0.05, 0) is 49.6 Å². The molecule has 2 atom stereocenters. The summed E-state index contributed by atoms with van der Waals surface area (Å²) in [7, 11) is 0. The van der Waals surface area contributed by atoms with E-state index in [4.69, 9.17) is 0 Å². The summed E-state index contributed by atoms with van der Waals surface area (Å²) in [5.41, 5.74) is 0.824. The van der Waals surface area contributed by atoms with Gasteiger partial charge >= 0.3 is 0 Å². The Bertz CT molecular complexity index is 1110. The van der Waals surface area contributed by atoms with Crippen molar-refractivity contribution in [1.29, 1.82) is 5.26 Å². The molecule has 0 radical (unpaired) electrons. The Hall–Kier alpha value is -3.18. The molecule has 0 spiro atoms. The number of nitrogens with zero attached hydrogens (tertiary/aromatic N) is 4. The SMILES string of the molecule is CC(Sc1nnc(-c2ccc(F)cc2)n1Cc1ccccc1)C(=O)NC(C)(C#N)C(C)C. The minimum Gasteiger partial charge on any atom is -0.337 e. The zero-order valence-electron chi connectivity index (χ0n) is 18.5. The molecule has 1 amide bonds. The van der Waals surface area contributed by atoms with Crippen LogP contribution in [0.5, 0.6) is 0 Å². The maximum atomic E-state index is 13.4. The molecular weight excluding hydrogens is 425 g/mol. The third-order valence-corrected chi connectivity index (χ3v) is 6.50. The van der Waals surface area contributed by atoms with Crippen LogP contribution in [0.15, 0.2) is 59.8 Å². The van der Waals surface area contributed by atoms with E-state index in [1.54, 1.807) is 26.0 Å². The zero-order valence-corrected chi connectivity index (χ0v) is 19.4. The molecular formula is C24H26FN5OS. The largest absolute Gasteiger partial charge is 0.337 e. The van der Waals surface area contributed by atoms with Crippen molar-refractivity contribution < 1.29 is 9.18 Å². The Kier molecular flexibility index (Phi) is 7.31. The van der Waals surface area contributed by atoms with Crippen LogP contribution in [0.25, 0.3) is 11.4 Å². The number of nitriles is 1. The van der Waals surface area contributed by atoms with E-state index in [1.165, 1.54) is 23.9 Å². The minimum atomic E-state index is -0.955. The Balaban J connectivity index is 1.89. The standard InChI is InChI=1S/C24H26FN5OS/c1-16(2)24(4,15-26)27-22(31)17(3)32-23-29-28-21(19-10-12-20(25)13-11-19)30(23)14-18-8-6-5-7-9-18/h5-13,16-17H,14H2,1-4H3,(H,27,31). The van der Waals surface area contributed by atoms with Gasteiger partial charge < -0.3 is 5.32 Å². The van der Waals surface area contributed by atoms with Gasteiger partial charge in [0.25, 0.3) is 0 Å². The second-order valence-corrected chi connectivity index (χ2v) is 9.41. The van der Waals surface area contributed by atoms with Crippen molar-refractivity contribution >= 4 is 17.7 Å². The molecule has 3 rings (SSSR count). The smallest absolute Gasteiger partial charge is 0.234 e. The molecule has 0 bridgehead atoms. The summed E-state index contributed by atoms with van der Waals surface area (Å²) in [6.45, 7) is 7.79. The van der Waals surface area contributed by atoms with Crippen molar-refractivity contribution in [2.45, 2.75) is 50.2 Å². The van der Waals surface area contributed by atoms with Crippen LogP contribution in [0.4, 0.5) is 4.39 Å². The second-order valence-electron chi connectivity index (χ2n) is 8.10. The fraction of sp³-hybridized carbons (Fsp3) is 0.333. The minimum absolute atomic E-state index is 0.0412. The zero-order chi connectivity index (χ0) is 23.3. The number of rotatable bonds is 8. The summed E-state index contributed by atoms with van der Waals surface area (Å²) in [6, 6.07) is 18.1. The van der Waals surface area contributed by atoms with Gasteiger partial charge in [0.1, 0.15) is 11.4 Å². The van der Waals surface area contributed by atoms with Crippen LogP contribution in [0.2, 0.25) is 0 Å². The van der Waals surface area contributed by atoms with Crippen LogP contribution in [-0.4, -0.2) is 31.5 Å². The van der Waals surface area contributed by atoms with Gasteiger partial charge in [-0.25, -0.2) is 4.39 Å². The third kappa shape index (κ3) is 5.35. The highest BCUT2D eigenvalue weighted by Crippen LogP contribution is 2.28. The molecule has 1 N–H and O–H groups in total.